The first kappa shape index (κ1) is 25.8. The van der Waals surface area contributed by atoms with E-state index in [0.717, 1.165) is 0 Å². The van der Waals surface area contributed by atoms with Gasteiger partial charge in [-0.3, -0.25) is 0 Å². The molecule has 0 aliphatic heterocycles. The smallest absolute Gasteiger partial charge is 0.0140 e. The average Bonchev–Trinajstić information content (AvgIpc) is 2.35. The SMILES string of the molecule is Br.CCCCCCCCCCCCCCP.CN(C)C. The molecule has 0 radical (unpaired) electrons. The molecule has 0 N–H and O–H groups in total. The highest BCUT2D eigenvalue weighted by Gasteiger charge is 1.92. The molecule has 0 bridgehead atoms. The molecule has 0 aromatic heterocycles. The third kappa shape index (κ3) is 36.4. The molecular weight excluding hydrogens is 329 g/mol. The van der Waals surface area contributed by atoms with Crippen molar-refractivity contribution in [2.45, 2.75) is 84.0 Å². The summed E-state index contributed by atoms with van der Waals surface area (Å²) in [6.07, 6.45) is 18.7. The molecule has 0 aromatic rings. The largest absolute Gasteiger partial charge is 0.312 e. The maximum Gasteiger partial charge on any atom is -0.0140 e. The molecule has 0 spiro atoms. The van der Waals surface area contributed by atoms with E-state index >= 15 is 0 Å². The van der Waals surface area contributed by atoms with Gasteiger partial charge in [0.25, 0.3) is 0 Å². The first-order chi connectivity index (χ1) is 9.15. The minimum absolute atomic E-state index is 0. The van der Waals surface area contributed by atoms with Crippen LogP contribution < -0.4 is 0 Å². The highest BCUT2D eigenvalue weighted by atomic mass is 79.9. The van der Waals surface area contributed by atoms with Crippen LogP contribution in [0.3, 0.4) is 0 Å². The van der Waals surface area contributed by atoms with Gasteiger partial charge in [-0.15, -0.1) is 26.2 Å². The molecule has 0 saturated heterocycles. The van der Waals surface area contributed by atoms with Crippen molar-refractivity contribution < 1.29 is 0 Å². The van der Waals surface area contributed by atoms with Crippen LogP contribution in [-0.2, 0) is 0 Å². The highest BCUT2D eigenvalue weighted by Crippen LogP contribution is 2.11. The summed E-state index contributed by atoms with van der Waals surface area (Å²) in [4.78, 5) is 2.00. The second-order valence-electron chi connectivity index (χ2n) is 6.02. The maximum atomic E-state index is 2.81. The molecule has 126 valence electrons. The Kier molecular flexibility index (Phi) is 32.1. The zero-order chi connectivity index (χ0) is 14.8. The molecule has 0 aromatic carbocycles. The standard InChI is InChI=1S/C14H31P.C3H9N.BrH/c1-2-3-4-5-6-7-8-9-10-11-12-13-14-15;1-4(2)3;/h2-15H2,1H3;1-3H3;1H. The first-order valence-electron chi connectivity index (χ1n) is 8.46. The minimum Gasteiger partial charge on any atom is -0.312 e. The summed E-state index contributed by atoms with van der Waals surface area (Å²) in [5, 5.41) is 0. The molecule has 1 nitrogen and oxygen atoms in total. The summed E-state index contributed by atoms with van der Waals surface area (Å²) in [7, 11) is 8.81. The number of halogens is 1. The summed E-state index contributed by atoms with van der Waals surface area (Å²) < 4.78 is 0. The molecule has 3 heteroatoms. The fourth-order valence-corrected chi connectivity index (χ4v) is 2.27. The lowest BCUT2D eigenvalue weighted by molar-refractivity contribution is 0.505. The van der Waals surface area contributed by atoms with Crippen molar-refractivity contribution in [1.82, 2.24) is 4.90 Å². The Bertz CT molecular complexity index is 128. The Labute approximate surface area is 142 Å². The summed E-state index contributed by atoms with van der Waals surface area (Å²) in [5.41, 5.74) is 0. The minimum atomic E-state index is 0. The van der Waals surface area contributed by atoms with Crippen LogP contribution in [0.1, 0.15) is 84.0 Å². The third-order valence-electron chi connectivity index (χ3n) is 3.06. The van der Waals surface area contributed by atoms with Crippen LogP contribution >= 0.6 is 26.2 Å². The van der Waals surface area contributed by atoms with Crippen LogP contribution in [0.2, 0.25) is 0 Å². The van der Waals surface area contributed by atoms with Crippen LogP contribution in [-0.4, -0.2) is 32.2 Å². The number of hydrogen-bond acceptors (Lipinski definition) is 1. The zero-order valence-electron chi connectivity index (χ0n) is 14.6. The number of nitrogens with zero attached hydrogens (tertiary/aromatic N) is 1. The van der Waals surface area contributed by atoms with Gasteiger partial charge < -0.3 is 4.90 Å². The van der Waals surface area contributed by atoms with Crippen LogP contribution in [0, 0.1) is 0 Å². The van der Waals surface area contributed by atoms with Gasteiger partial charge in [-0.1, -0.05) is 77.6 Å². The molecule has 0 saturated carbocycles. The van der Waals surface area contributed by atoms with Crippen molar-refractivity contribution in [3.05, 3.63) is 0 Å². The van der Waals surface area contributed by atoms with Crippen LogP contribution in [0.4, 0.5) is 0 Å². The molecular formula is C17H41BrNP. The van der Waals surface area contributed by atoms with E-state index in [1.54, 1.807) is 0 Å². The fourth-order valence-electron chi connectivity index (χ4n) is 1.99. The van der Waals surface area contributed by atoms with Crippen LogP contribution in [0.25, 0.3) is 0 Å². The van der Waals surface area contributed by atoms with E-state index in [2.05, 4.69) is 16.2 Å². The van der Waals surface area contributed by atoms with E-state index in [1.165, 1.54) is 83.2 Å². The van der Waals surface area contributed by atoms with E-state index in [-0.39, 0.29) is 17.0 Å². The summed E-state index contributed by atoms with van der Waals surface area (Å²) >= 11 is 0. The lowest BCUT2D eigenvalue weighted by atomic mass is 10.1. The summed E-state index contributed by atoms with van der Waals surface area (Å²) in [5.74, 6) is 0. The number of hydrogen-bond donors (Lipinski definition) is 0. The van der Waals surface area contributed by atoms with Gasteiger partial charge in [0, 0.05) is 0 Å². The van der Waals surface area contributed by atoms with Gasteiger partial charge in [-0.05, 0) is 33.7 Å². The topological polar surface area (TPSA) is 3.24 Å². The third-order valence-corrected chi connectivity index (χ3v) is 3.47. The normalized spacial score (nSPS) is 9.90. The molecule has 1 unspecified atom stereocenters. The molecule has 20 heavy (non-hydrogen) atoms. The molecule has 0 rings (SSSR count). The van der Waals surface area contributed by atoms with E-state index in [0.29, 0.717) is 0 Å². The van der Waals surface area contributed by atoms with Gasteiger partial charge in [-0.25, -0.2) is 0 Å². The Morgan fingerprint density at radius 2 is 0.850 bits per heavy atom. The first-order valence-corrected chi connectivity index (χ1v) is 9.27. The molecule has 1 atom stereocenters. The fraction of sp³-hybridized carbons (Fsp3) is 1.00. The molecule has 0 amide bonds. The van der Waals surface area contributed by atoms with Gasteiger partial charge in [0.15, 0.2) is 0 Å². The highest BCUT2D eigenvalue weighted by molar-refractivity contribution is 8.93. The van der Waals surface area contributed by atoms with E-state index in [4.69, 9.17) is 0 Å². The molecule has 0 aliphatic carbocycles. The van der Waals surface area contributed by atoms with Gasteiger partial charge in [0.05, 0.1) is 0 Å². The second-order valence-corrected chi connectivity index (χ2v) is 6.60. The molecule has 0 heterocycles. The van der Waals surface area contributed by atoms with E-state index in [9.17, 15) is 0 Å². The predicted octanol–water partition coefficient (Wildman–Crippen LogP) is 6.32. The van der Waals surface area contributed by atoms with Crippen LogP contribution in [0.15, 0.2) is 0 Å². The predicted molar refractivity (Wildman–Crippen MR) is 106 cm³/mol. The van der Waals surface area contributed by atoms with Crippen LogP contribution in [0.5, 0.6) is 0 Å². The number of unbranched alkanes of at least 4 members (excludes halogenated alkanes) is 11. The Hall–Kier alpha value is 0.870. The second kappa shape index (κ2) is 24.9. The summed E-state index contributed by atoms with van der Waals surface area (Å²) in [6.45, 7) is 2.29. The van der Waals surface area contributed by atoms with Crippen molar-refractivity contribution in [3.63, 3.8) is 0 Å². The number of rotatable bonds is 12. The van der Waals surface area contributed by atoms with Gasteiger partial charge in [0.2, 0.25) is 0 Å². The Morgan fingerprint density at radius 1 is 0.600 bits per heavy atom. The summed E-state index contributed by atoms with van der Waals surface area (Å²) in [6, 6.07) is 0. The lowest BCUT2D eigenvalue weighted by Crippen LogP contribution is -1.99. The Balaban J connectivity index is -0.000000508. The maximum absolute atomic E-state index is 2.81. The molecule has 0 fully saturated rings. The van der Waals surface area contributed by atoms with E-state index < -0.39 is 0 Å². The van der Waals surface area contributed by atoms with Gasteiger partial charge in [-0.2, -0.15) is 0 Å². The Morgan fingerprint density at radius 3 is 1.10 bits per heavy atom. The van der Waals surface area contributed by atoms with Gasteiger partial charge >= 0.3 is 0 Å². The van der Waals surface area contributed by atoms with Gasteiger partial charge in [0.1, 0.15) is 0 Å². The molecule has 0 aliphatic rings. The van der Waals surface area contributed by atoms with Crippen molar-refractivity contribution in [3.8, 4) is 0 Å². The van der Waals surface area contributed by atoms with Crippen molar-refractivity contribution in [2.24, 2.45) is 0 Å². The quantitative estimate of drug-likeness (QED) is 0.287. The van der Waals surface area contributed by atoms with Crippen molar-refractivity contribution >= 4 is 26.2 Å². The van der Waals surface area contributed by atoms with Crippen molar-refractivity contribution in [1.29, 1.82) is 0 Å². The average molecular weight is 370 g/mol. The lowest BCUT2D eigenvalue weighted by Gasteiger charge is -2.01. The van der Waals surface area contributed by atoms with E-state index in [1.807, 2.05) is 26.0 Å². The zero-order valence-corrected chi connectivity index (χ0v) is 17.5. The van der Waals surface area contributed by atoms with Crippen molar-refractivity contribution in [2.75, 3.05) is 27.3 Å². The monoisotopic (exact) mass is 369 g/mol.